The van der Waals surface area contributed by atoms with Crippen LogP contribution >= 0.6 is 0 Å². The van der Waals surface area contributed by atoms with Crippen molar-refractivity contribution < 1.29 is 9.26 Å². The molecule has 20 heavy (non-hydrogen) atoms. The molecule has 4 rings (SSSR count). The zero-order valence-corrected chi connectivity index (χ0v) is 11.2. The topological polar surface area (TPSA) is 60.2 Å². The summed E-state index contributed by atoms with van der Waals surface area (Å²) in [6, 6.07) is 7.90. The van der Waals surface area contributed by atoms with Gasteiger partial charge in [0.25, 0.3) is 5.89 Å². The molecule has 1 N–H and O–H groups in total. The van der Waals surface area contributed by atoms with E-state index in [1.165, 1.54) is 25.7 Å². The van der Waals surface area contributed by atoms with E-state index in [0.717, 1.165) is 17.3 Å². The van der Waals surface area contributed by atoms with Crippen LogP contribution in [0.5, 0.6) is 5.75 Å². The molecular formula is C15H17N3O2. The van der Waals surface area contributed by atoms with Gasteiger partial charge in [-0.1, -0.05) is 30.1 Å². The second kappa shape index (κ2) is 4.81. The highest BCUT2D eigenvalue weighted by molar-refractivity contribution is 5.57. The Morgan fingerprint density at radius 1 is 1.15 bits per heavy atom. The van der Waals surface area contributed by atoms with Gasteiger partial charge >= 0.3 is 0 Å². The number of nitrogens with zero attached hydrogens (tertiary/aromatic N) is 2. The molecule has 5 nitrogen and oxygen atoms in total. The van der Waals surface area contributed by atoms with Crippen molar-refractivity contribution in [1.29, 1.82) is 0 Å². The van der Waals surface area contributed by atoms with E-state index < -0.39 is 0 Å². The minimum absolute atomic E-state index is 0.201. The van der Waals surface area contributed by atoms with Crippen molar-refractivity contribution in [2.45, 2.75) is 37.7 Å². The number of aromatic nitrogens is 2. The molecule has 2 aromatic rings. The van der Waals surface area contributed by atoms with Crippen LogP contribution in [0.15, 0.2) is 28.8 Å². The standard InChI is InChI=1S/C15H17N3O2/c1-2-6-10(5-1)14-17-15(20-18-14)13-9-16-11-7-3-4-8-12(11)19-13/h3-4,7-8,10,13,16H,1-2,5-6,9H2. The zero-order chi connectivity index (χ0) is 13.4. The number of rotatable bonds is 2. The first-order valence-electron chi connectivity index (χ1n) is 7.23. The van der Waals surface area contributed by atoms with Gasteiger partial charge in [-0.15, -0.1) is 0 Å². The third kappa shape index (κ3) is 2.03. The fraction of sp³-hybridized carbons (Fsp3) is 0.467. The Balaban J connectivity index is 1.54. The molecule has 1 aliphatic carbocycles. The van der Waals surface area contributed by atoms with Gasteiger partial charge in [-0.25, -0.2) is 0 Å². The van der Waals surface area contributed by atoms with E-state index in [4.69, 9.17) is 9.26 Å². The molecule has 1 atom stereocenters. The summed E-state index contributed by atoms with van der Waals surface area (Å²) >= 11 is 0. The molecular weight excluding hydrogens is 254 g/mol. The lowest BCUT2D eigenvalue weighted by Gasteiger charge is -2.24. The summed E-state index contributed by atoms with van der Waals surface area (Å²) in [6.45, 7) is 0.656. The van der Waals surface area contributed by atoms with E-state index in [1.54, 1.807) is 0 Å². The fourth-order valence-electron chi connectivity index (χ4n) is 2.98. The quantitative estimate of drug-likeness (QED) is 0.908. The van der Waals surface area contributed by atoms with Crippen LogP contribution in [0.25, 0.3) is 0 Å². The van der Waals surface area contributed by atoms with Gasteiger partial charge < -0.3 is 14.6 Å². The molecule has 0 saturated heterocycles. The van der Waals surface area contributed by atoms with Gasteiger partial charge in [0.15, 0.2) is 11.9 Å². The smallest absolute Gasteiger partial charge is 0.269 e. The van der Waals surface area contributed by atoms with Gasteiger partial charge in [-0.05, 0) is 25.0 Å². The van der Waals surface area contributed by atoms with Crippen LogP contribution in [0, 0.1) is 0 Å². The van der Waals surface area contributed by atoms with Crippen molar-refractivity contribution in [2.75, 3.05) is 11.9 Å². The van der Waals surface area contributed by atoms with Crippen molar-refractivity contribution in [2.24, 2.45) is 0 Å². The zero-order valence-electron chi connectivity index (χ0n) is 11.2. The Hall–Kier alpha value is -2.04. The van der Waals surface area contributed by atoms with Crippen molar-refractivity contribution in [1.82, 2.24) is 10.1 Å². The van der Waals surface area contributed by atoms with Gasteiger partial charge in [0.05, 0.1) is 12.2 Å². The number of ether oxygens (including phenoxy) is 1. The number of fused-ring (bicyclic) bond motifs is 1. The van der Waals surface area contributed by atoms with Gasteiger partial charge in [-0.2, -0.15) is 4.98 Å². The number of para-hydroxylation sites is 2. The maximum absolute atomic E-state index is 5.94. The summed E-state index contributed by atoms with van der Waals surface area (Å²) in [5.41, 5.74) is 1.01. The molecule has 0 amide bonds. The Morgan fingerprint density at radius 2 is 2.00 bits per heavy atom. The van der Waals surface area contributed by atoms with Gasteiger partial charge in [0.2, 0.25) is 0 Å². The molecule has 1 aliphatic heterocycles. The first-order chi connectivity index (χ1) is 9.90. The Bertz CT molecular complexity index is 605. The molecule has 1 fully saturated rings. The van der Waals surface area contributed by atoms with Crippen molar-refractivity contribution >= 4 is 5.69 Å². The molecule has 1 aromatic heterocycles. The van der Waals surface area contributed by atoms with E-state index in [0.29, 0.717) is 18.4 Å². The number of anilines is 1. The van der Waals surface area contributed by atoms with Gasteiger partial charge in [-0.3, -0.25) is 0 Å². The molecule has 5 heteroatoms. The lowest BCUT2D eigenvalue weighted by molar-refractivity contribution is 0.162. The lowest BCUT2D eigenvalue weighted by Crippen LogP contribution is -2.23. The third-order valence-corrected chi connectivity index (χ3v) is 4.09. The first kappa shape index (κ1) is 11.8. The van der Waals surface area contributed by atoms with E-state index in [2.05, 4.69) is 15.5 Å². The normalized spacial score (nSPS) is 22.1. The molecule has 2 aliphatic rings. The minimum Gasteiger partial charge on any atom is -0.477 e. The van der Waals surface area contributed by atoms with Gasteiger partial charge in [0, 0.05) is 5.92 Å². The summed E-state index contributed by atoms with van der Waals surface area (Å²) < 4.78 is 11.3. The van der Waals surface area contributed by atoms with Crippen LogP contribution in [0.2, 0.25) is 0 Å². The Labute approximate surface area is 117 Å². The molecule has 1 unspecified atom stereocenters. The SMILES string of the molecule is c1ccc2c(c1)NCC(c1nc(C3CCCC3)no1)O2. The third-order valence-electron chi connectivity index (χ3n) is 4.09. The largest absolute Gasteiger partial charge is 0.477 e. The van der Waals surface area contributed by atoms with Gasteiger partial charge in [0.1, 0.15) is 5.75 Å². The molecule has 0 spiro atoms. The van der Waals surface area contributed by atoms with Crippen LogP contribution in [-0.4, -0.2) is 16.7 Å². The second-order valence-electron chi connectivity index (χ2n) is 5.46. The van der Waals surface area contributed by atoms with Crippen molar-refractivity contribution in [3.8, 4) is 5.75 Å². The number of hydrogen-bond acceptors (Lipinski definition) is 5. The monoisotopic (exact) mass is 271 g/mol. The van der Waals surface area contributed by atoms with Crippen LogP contribution in [0.4, 0.5) is 5.69 Å². The summed E-state index contributed by atoms with van der Waals surface area (Å²) in [7, 11) is 0. The molecule has 0 radical (unpaired) electrons. The average Bonchev–Trinajstić information content (AvgIpc) is 3.17. The highest BCUT2D eigenvalue weighted by Crippen LogP contribution is 2.35. The summed E-state index contributed by atoms with van der Waals surface area (Å²) in [5.74, 6) is 2.73. The summed E-state index contributed by atoms with van der Waals surface area (Å²) in [5, 5.41) is 7.47. The minimum atomic E-state index is -0.201. The molecule has 1 aromatic carbocycles. The molecule has 2 heterocycles. The van der Waals surface area contributed by atoms with Crippen molar-refractivity contribution in [3.63, 3.8) is 0 Å². The number of benzene rings is 1. The fourth-order valence-corrected chi connectivity index (χ4v) is 2.98. The maximum Gasteiger partial charge on any atom is 0.269 e. The van der Waals surface area contributed by atoms with Crippen LogP contribution in [0.1, 0.15) is 49.4 Å². The molecule has 0 bridgehead atoms. The molecule has 1 saturated carbocycles. The lowest BCUT2D eigenvalue weighted by atomic mass is 10.1. The second-order valence-corrected chi connectivity index (χ2v) is 5.46. The molecule has 104 valence electrons. The van der Waals surface area contributed by atoms with E-state index in [9.17, 15) is 0 Å². The van der Waals surface area contributed by atoms with Crippen LogP contribution in [0.3, 0.4) is 0 Å². The van der Waals surface area contributed by atoms with E-state index in [1.807, 2.05) is 24.3 Å². The highest BCUT2D eigenvalue weighted by atomic mass is 16.5. The number of nitrogens with one attached hydrogen (secondary N) is 1. The predicted molar refractivity (Wildman–Crippen MR) is 73.8 cm³/mol. The highest BCUT2D eigenvalue weighted by Gasteiger charge is 2.28. The summed E-state index contributed by atoms with van der Waals surface area (Å²) in [4.78, 5) is 4.55. The Morgan fingerprint density at radius 3 is 2.90 bits per heavy atom. The maximum atomic E-state index is 5.94. The number of hydrogen-bond donors (Lipinski definition) is 1. The van der Waals surface area contributed by atoms with E-state index >= 15 is 0 Å². The Kier molecular flexibility index (Phi) is 2.83. The predicted octanol–water partition coefficient (Wildman–Crippen LogP) is 3.27. The average molecular weight is 271 g/mol. The summed E-state index contributed by atoms with van der Waals surface area (Å²) in [6.07, 6.45) is 4.68. The van der Waals surface area contributed by atoms with Crippen LogP contribution < -0.4 is 10.1 Å². The first-order valence-corrected chi connectivity index (χ1v) is 7.23. The van der Waals surface area contributed by atoms with E-state index in [-0.39, 0.29) is 6.10 Å². The van der Waals surface area contributed by atoms with Crippen LogP contribution in [-0.2, 0) is 0 Å². The van der Waals surface area contributed by atoms with Crippen molar-refractivity contribution in [3.05, 3.63) is 36.0 Å².